The second-order valence-corrected chi connectivity index (χ2v) is 8.72. The molecular weight excluding hydrogens is 365 g/mol. The molecule has 0 saturated heterocycles. The Kier molecular flexibility index (Phi) is 5.11. The lowest BCUT2D eigenvalue weighted by Crippen LogP contribution is -2.18. The first-order valence-corrected chi connectivity index (χ1v) is 9.91. The maximum absolute atomic E-state index is 13.8. The van der Waals surface area contributed by atoms with E-state index in [1.807, 2.05) is 0 Å². The largest absolute Gasteiger partial charge is 0.322 e. The SMILES string of the molecule is O=C(Nc1cccc(S(=O)(=O)C2CCCC2)c1)c1ccc(Cl)cc1F. The molecule has 0 aliphatic heterocycles. The van der Waals surface area contributed by atoms with Gasteiger partial charge in [-0.3, -0.25) is 4.79 Å². The first-order valence-electron chi connectivity index (χ1n) is 7.98. The van der Waals surface area contributed by atoms with Crippen LogP contribution in [0.15, 0.2) is 47.4 Å². The summed E-state index contributed by atoms with van der Waals surface area (Å²) in [5.41, 5.74) is 0.145. The number of rotatable bonds is 4. The third-order valence-corrected chi connectivity index (χ3v) is 6.83. The average molecular weight is 382 g/mol. The molecule has 1 amide bonds. The smallest absolute Gasteiger partial charge is 0.258 e. The number of amides is 1. The van der Waals surface area contributed by atoms with E-state index in [9.17, 15) is 17.6 Å². The summed E-state index contributed by atoms with van der Waals surface area (Å²) in [7, 11) is -3.42. The molecule has 1 fully saturated rings. The Hall–Kier alpha value is -1.92. The molecule has 25 heavy (non-hydrogen) atoms. The molecule has 1 aliphatic carbocycles. The summed E-state index contributed by atoms with van der Waals surface area (Å²) in [6.07, 6.45) is 3.15. The Balaban J connectivity index is 1.83. The molecule has 0 heterocycles. The summed E-state index contributed by atoms with van der Waals surface area (Å²) in [5.74, 6) is -1.40. The van der Waals surface area contributed by atoms with Gasteiger partial charge in [0.25, 0.3) is 5.91 Å². The Bertz CT molecular complexity index is 908. The first kappa shape index (κ1) is 17.9. The van der Waals surface area contributed by atoms with E-state index in [0.717, 1.165) is 18.9 Å². The van der Waals surface area contributed by atoms with Crippen LogP contribution in [0, 0.1) is 5.82 Å². The Morgan fingerprint density at radius 2 is 1.84 bits per heavy atom. The van der Waals surface area contributed by atoms with Gasteiger partial charge in [0, 0.05) is 10.7 Å². The van der Waals surface area contributed by atoms with Gasteiger partial charge >= 0.3 is 0 Å². The summed E-state index contributed by atoms with van der Waals surface area (Å²) < 4.78 is 39.1. The van der Waals surface area contributed by atoms with Crippen LogP contribution in [0.2, 0.25) is 5.02 Å². The molecule has 2 aromatic rings. The minimum atomic E-state index is -3.42. The number of nitrogens with one attached hydrogen (secondary N) is 1. The van der Waals surface area contributed by atoms with E-state index in [1.54, 1.807) is 12.1 Å². The number of halogens is 2. The highest BCUT2D eigenvalue weighted by molar-refractivity contribution is 7.92. The number of benzene rings is 2. The average Bonchev–Trinajstić information content (AvgIpc) is 3.10. The third-order valence-electron chi connectivity index (χ3n) is 4.34. The number of hydrogen-bond donors (Lipinski definition) is 1. The van der Waals surface area contributed by atoms with Crippen LogP contribution >= 0.6 is 11.6 Å². The fourth-order valence-electron chi connectivity index (χ4n) is 3.01. The summed E-state index contributed by atoms with van der Waals surface area (Å²) in [4.78, 5) is 12.4. The van der Waals surface area contributed by atoms with Gasteiger partial charge in [-0.25, -0.2) is 12.8 Å². The number of hydrogen-bond acceptors (Lipinski definition) is 3. The highest BCUT2D eigenvalue weighted by atomic mass is 35.5. The Morgan fingerprint density at radius 3 is 2.52 bits per heavy atom. The molecule has 1 aliphatic rings. The van der Waals surface area contributed by atoms with Crippen molar-refractivity contribution >= 4 is 33.0 Å². The van der Waals surface area contributed by atoms with Crippen LogP contribution in [-0.2, 0) is 9.84 Å². The van der Waals surface area contributed by atoms with E-state index < -0.39 is 21.6 Å². The monoisotopic (exact) mass is 381 g/mol. The Morgan fingerprint density at radius 1 is 1.12 bits per heavy atom. The van der Waals surface area contributed by atoms with Gasteiger partial charge in [0.05, 0.1) is 15.7 Å². The van der Waals surface area contributed by atoms with Crippen molar-refractivity contribution < 1.29 is 17.6 Å². The predicted octanol–water partition coefficient (Wildman–Crippen LogP) is 4.45. The normalized spacial score (nSPS) is 15.3. The van der Waals surface area contributed by atoms with Crippen LogP contribution in [-0.4, -0.2) is 19.6 Å². The van der Waals surface area contributed by atoms with Crippen LogP contribution in [0.1, 0.15) is 36.0 Å². The molecule has 0 atom stereocenters. The molecule has 7 heteroatoms. The second-order valence-electron chi connectivity index (χ2n) is 6.06. The lowest BCUT2D eigenvalue weighted by Gasteiger charge is -2.13. The maximum atomic E-state index is 13.8. The molecule has 132 valence electrons. The summed E-state index contributed by atoms with van der Waals surface area (Å²) in [6, 6.07) is 9.82. The zero-order valence-corrected chi connectivity index (χ0v) is 14.9. The standard InChI is InChI=1S/C18H17ClFNO3S/c19-12-8-9-16(17(20)10-12)18(22)21-13-4-3-7-15(11-13)25(23,24)14-5-1-2-6-14/h3-4,7-11,14H,1-2,5-6H2,(H,21,22). The third kappa shape index (κ3) is 3.85. The molecular formula is C18H17ClFNO3S. The van der Waals surface area contributed by atoms with Crippen LogP contribution in [0.3, 0.4) is 0 Å². The molecule has 4 nitrogen and oxygen atoms in total. The summed E-state index contributed by atoms with van der Waals surface area (Å²) >= 11 is 5.68. The van der Waals surface area contributed by atoms with E-state index in [4.69, 9.17) is 11.6 Å². The van der Waals surface area contributed by atoms with Gasteiger partial charge in [-0.2, -0.15) is 0 Å². The molecule has 0 aromatic heterocycles. The van der Waals surface area contributed by atoms with Crippen molar-refractivity contribution in [2.75, 3.05) is 5.32 Å². The zero-order chi connectivity index (χ0) is 18.0. The van der Waals surface area contributed by atoms with E-state index in [-0.39, 0.29) is 20.7 Å². The fraction of sp³-hybridized carbons (Fsp3) is 0.278. The number of anilines is 1. The van der Waals surface area contributed by atoms with Crippen molar-refractivity contribution in [2.45, 2.75) is 35.8 Å². The highest BCUT2D eigenvalue weighted by Gasteiger charge is 2.30. The number of sulfone groups is 1. The predicted molar refractivity (Wildman–Crippen MR) is 95.2 cm³/mol. The highest BCUT2D eigenvalue weighted by Crippen LogP contribution is 2.30. The van der Waals surface area contributed by atoms with Gasteiger partial charge in [0.15, 0.2) is 9.84 Å². The summed E-state index contributed by atoms with van der Waals surface area (Å²) in [6.45, 7) is 0. The van der Waals surface area contributed by atoms with Gasteiger partial charge in [-0.15, -0.1) is 0 Å². The van der Waals surface area contributed by atoms with E-state index >= 15 is 0 Å². The zero-order valence-electron chi connectivity index (χ0n) is 13.3. The van der Waals surface area contributed by atoms with Crippen molar-refractivity contribution in [3.63, 3.8) is 0 Å². The van der Waals surface area contributed by atoms with E-state index in [0.29, 0.717) is 18.5 Å². The van der Waals surface area contributed by atoms with Crippen molar-refractivity contribution in [3.8, 4) is 0 Å². The van der Waals surface area contributed by atoms with Crippen LogP contribution in [0.5, 0.6) is 0 Å². The van der Waals surface area contributed by atoms with Gasteiger partial charge in [-0.1, -0.05) is 30.5 Å². The lowest BCUT2D eigenvalue weighted by atomic mass is 10.2. The minimum absolute atomic E-state index is 0.159. The van der Waals surface area contributed by atoms with Gasteiger partial charge in [0.2, 0.25) is 0 Å². The molecule has 0 bridgehead atoms. The Labute approximate surface area is 150 Å². The molecule has 2 aromatic carbocycles. The van der Waals surface area contributed by atoms with Crippen molar-refractivity contribution in [1.29, 1.82) is 0 Å². The molecule has 0 spiro atoms. The topological polar surface area (TPSA) is 63.2 Å². The van der Waals surface area contributed by atoms with Gasteiger partial charge < -0.3 is 5.32 Å². The summed E-state index contributed by atoms with van der Waals surface area (Å²) in [5, 5.41) is 2.36. The lowest BCUT2D eigenvalue weighted by molar-refractivity contribution is 0.102. The van der Waals surface area contributed by atoms with Crippen molar-refractivity contribution in [2.24, 2.45) is 0 Å². The second kappa shape index (κ2) is 7.14. The molecule has 3 rings (SSSR count). The van der Waals surface area contributed by atoms with E-state index in [2.05, 4.69) is 5.32 Å². The molecule has 1 saturated carbocycles. The van der Waals surface area contributed by atoms with Crippen LogP contribution in [0.4, 0.5) is 10.1 Å². The van der Waals surface area contributed by atoms with Crippen LogP contribution < -0.4 is 5.32 Å². The van der Waals surface area contributed by atoms with E-state index in [1.165, 1.54) is 24.3 Å². The molecule has 0 radical (unpaired) electrons. The minimum Gasteiger partial charge on any atom is -0.322 e. The molecule has 0 unspecified atom stereocenters. The first-order chi connectivity index (χ1) is 11.9. The molecule has 1 N–H and O–H groups in total. The van der Waals surface area contributed by atoms with Crippen LogP contribution in [0.25, 0.3) is 0 Å². The quantitative estimate of drug-likeness (QED) is 0.851. The maximum Gasteiger partial charge on any atom is 0.258 e. The fourth-order valence-corrected chi connectivity index (χ4v) is 5.07. The van der Waals surface area contributed by atoms with Gasteiger partial charge in [0.1, 0.15) is 5.82 Å². The number of carbonyl (C=O) groups excluding carboxylic acids is 1. The van der Waals surface area contributed by atoms with Crippen molar-refractivity contribution in [1.82, 2.24) is 0 Å². The number of carbonyl (C=O) groups is 1. The van der Waals surface area contributed by atoms with Crippen molar-refractivity contribution in [3.05, 3.63) is 58.9 Å². The van der Waals surface area contributed by atoms with Gasteiger partial charge in [-0.05, 0) is 49.2 Å².